The molecule has 0 radical (unpaired) electrons. The minimum atomic E-state index is -4.78. The Bertz CT molecular complexity index is 1300. The number of H-pyrrole nitrogens is 1. The number of aromatic amines is 1. The molecule has 1 fully saturated rings. The first kappa shape index (κ1) is 24.6. The number of nitrogens with zero attached hydrogens (tertiary/aromatic N) is 3. The normalized spacial score (nSPS) is 19.6. The van der Waals surface area contributed by atoms with Crippen LogP contribution in [0, 0.1) is 6.92 Å². The minimum Gasteiger partial charge on any atom is -0.486 e. The molecule has 3 heterocycles. The van der Waals surface area contributed by atoms with Crippen molar-refractivity contribution in [3.63, 3.8) is 0 Å². The number of halogens is 3. The van der Waals surface area contributed by atoms with E-state index < -0.39 is 23.5 Å². The van der Waals surface area contributed by atoms with Crippen LogP contribution in [-0.2, 0) is 10.9 Å². The maximum Gasteiger partial charge on any atom is 0.433 e. The topological polar surface area (TPSA) is 97.4 Å². The number of amides is 1. The first-order valence-corrected chi connectivity index (χ1v) is 11.1. The van der Waals surface area contributed by atoms with Crippen LogP contribution in [-0.4, -0.2) is 51.1 Å². The van der Waals surface area contributed by atoms with Crippen molar-refractivity contribution in [1.82, 2.24) is 19.9 Å². The lowest BCUT2D eigenvalue weighted by molar-refractivity contribution is -0.142. The van der Waals surface area contributed by atoms with E-state index in [-0.39, 0.29) is 46.3 Å². The summed E-state index contributed by atoms with van der Waals surface area (Å²) in [6, 6.07) is 7.29. The molecule has 4 rings (SSSR count). The molecule has 1 aliphatic rings. The Hall–Kier alpha value is -3.47. The van der Waals surface area contributed by atoms with Crippen molar-refractivity contribution in [3.8, 4) is 5.75 Å². The number of carbonyl (C=O) groups excluding carboxylic acids is 1. The van der Waals surface area contributed by atoms with Crippen molar-refractivity contribution in [2.24, 2.45) is 0 Å². The molecule has 0 unspecified atom stereocenters. The van der Waals surface area contributed by atoms with Gasteiger partial charge in [-0.3, -0.25) is 9.59 Å². The third-order valence-electron chi connectivity index (χ3n) is 5.67. The van der Waals surface area contributed by atoms with Crippen molar-refractivity contribution in [3.05, 3.63) is 63.3 Å². The van der Waals surface area contributed by atoms with Gasteiger partial charge in [0.05, 0.1) is 17.6 Å². The molecule has 1 aromatic carbocycles. The van der Waals surface area contributed by atoms with Gasteiger partial charge in [-0.1, -0.05) is 0 Å². The fourth-order valence-electron chi connectivity index (χ4n) is 4.20. The molecule has 0 saturated carbocycles. The summed E-state index contributed by atoms with van der Waals surface area (Å²) in [6.45, 7) is 7.64. The Morgan fingerprint density at radius 3 is 2.40 bits per heavy atom. The maximum absolute atomic E-state index is 13.8. The molecule has 1 aliphatic heterocycles. The summed E-state index contributed by atoms with van der Waals surface area (Å²) in [5.74, 6) is 0.268. The van der Waals surface area contributed by atoms with E-state index in [1.807, 2.05) is 13.8 Å². The van der Waals surface area contributed by atoms with Crippen LogP contribution in [0.1, 0.15) is 54.3 Å². The van der Waals surface area contributed by atoms with Gasteiger partial charge >= 0.3 is 6.18 Å². The van der Waals surface area contributed by atoms with Gasteiger partial charge in [0.2, 0.25) is 0 Å². The number of nitrogens with one attached hydrogen (secondary N) is 1. The van der Waals surface area contributed by atoms with Crippen LogP contribution in [0.15, 0.2) is 35.1 Å². The van der Waals surface area contributed by atoms with E-state index in [4.69, 9.17) is 9.47 Å². The zero-order valence-electron chi connectivity index (χ0n) is 19.6. The number of aryl methyl sites for hydroxylation is 1. The van der Waals surface area contributed by atoms with E-state index in [0.717, 1.165) is 6.07 Å². The van der Waals surface area contributed by atoms with Crippen LogP contribution < -0.4 is 10.3 Å². The van der Waals surface area contributed by atoms with Crippen molar-refractivity contribution in [1.29, 1.82) is 0 Å². The van der Waals surface area contributed by atoms with E-state index in [0.29, 0.717) is 18.7 Å². The van der Waals surface area contributed by atoms with Crippen molar-refractivity contribution < 1.29 is 27.4 Å². The number of morpholine rings is 1. The van der Waals surface area contributed by atoms with Gasteiger partial charge in [-0.25, -0.2) is 9.97 Å². The number of fused-ring (bicyclic) bond motifs is 1. The molecule has 11 heteroatoms. The molecule has 186 valence electrons. The molecule has 1 saturated heterocycles. The third kappa shape index (κ3) is 5.29. The van der Waals surface area contributed by atoms with Crippen molar-refractivity contribution >= 4 is 16.9 Å². The number of aromatic nitrogens is 3. The van der Waals surface area contributed by atoms with E-state index in [2.05, 4.69) is 15.0 Å². The van der Waals surface area contributed by atoms with Crippen LogP contribution in [0.25, 0.3) is 11.0 Å². The fraction of sp³-hybridized carbons (Fsp3) is 0.417. The zero-order chi connectivity index (χ0) is 25.5. The molecule has 0 spiro atoms. The summed E-state index contributed by atoms with van der Waals surface area (Å²) in [6.07, 6.45) is -6.01. The van der Waals surface area contributed by atoms with Crippen LogP contribution in [0.5, 0.6) is 5.75 Å². The molecular weight excluding hydrogens is 465 g/mol. The predicted molar refractivity (Wildman–Crippen MR) is 121 cm³/mol. The molecule has 1 amide bonds. The quantitative estimate of drug-likeness (QED) is 0.593. The molecule has 0 aliphatic carbocycles. The number of alkyl halides is 3. The molecule has 3 atom stereocenters. The van der Waals surface area contributed by atoms with E-state index in [1.54, 1.807) is 17.0 Å². The van der Waals surface area contributed by atoms with E-state index in [9.17, 15) is 22.8 Å². The van der Waals surface area contributed by atoms with Crippen LogP contribution in [0.3, 0.4) is 0 Å². The standard InChI is InChI=1S/C24H25F3N4O4/c1-12-10-31(11-13(2)34-12)23(33)16-5-7-17(8-6-16)35-14(3)18-9-19-21(28-15(4)29-22(19)32)30-20(18)24(25,26)27/h5-9,12-14H,10-11H2,1-4H3,(H,28,29,30,32)/t12-,13+,14-/m0/s1. The Morgan fingerprint density at radius 1 is 1.17 bits per heavy atom. The number of hydrogen-bond acceptors (Lipinski definition) is 6. The molecule has 35 heavy (non-hydrogen) atoms. The van der Waals surface area contributed by atoms with Crippen LogP contribution in [0.2, 0.25) is 0 Å². The van der Waals surface area contributed by atoms with Gasteiger partial charge in [0.15, 0.2) is 11.3 Å². The number of ether oxygens (including phenoxy) is 2. The highest BCUT2D eigenvalue weighted by atomic mass is 19.4. The molecule has 8 nitrogen and oxygen atoms in total. The van der Waals surface area contributed by atoms with Gasteiger partial charge in [0.1, 0.15) is 17.7 Å². The molecule has 1 N–H and O–H groups in total. The van der Waals surface area contributed by atoms with Crippen LogP contribution >= 0.6 is 0 Å². The van der Waals surface area contributed by atoms with E-state index in [1.165, 1.54) is 26.0 Å². The zero-order valence-corrected chi connectivity index (χ0v) is 19.6. The van der Waals surface area contributed by atoms with Crippen molar-refractivity contribution in [2.75, 3.05) is 13.1 Å². The second-order valence-electron chi connectivity index (χ2n) is 8.70. The average molecular weight is 490 g/mol. The van der Waals surface area contributed by atoms with Crippen molar-refractivity contribution in [2.45, 2.75) is 52.2 Å². The Kier molecular flexibility index (Phi) is 6.54. The van der Waals surface area contributed by atoms with Gasteiger partial charge in [0, 0.05) is 24.2 Å². The van der Waals surface area contributed by atoms with Gasteiger partial charge in [-0.05, 0) is 58.0 Å². The fourth-order valence-corrected chi connectivity index (χ4v) is 4.20. The highest BCUT2D eigenvalue weighted by Crippen LogP contribution is 2.36. The predicted octanol–water partition coefficient (Wildman–Crippen LogP) is 4.03. The lowest BCUT2D eigenvalue weighted by Gasteiger charge is -2.35. The Morgan fingerprint density at radius 2 is 1.80 bits per heavy atom. The molecule has 3 aromatic rings. The second-order valence-corrected chi connectivity index (χ2v) is 8.70. The molecule has 0 bridgehead atoms. The number of carbonyl (C=O) groups is 1. The Balaban J connectivity index is 1.59. The first-order valence-electron chi connectivity index (χ1n) is 11.1. The summed E-state index contributed by atoms with van der Waals surface area (Å²) >= 11 is 0. The summed E-state index contributed by atoms with van der Waals surface area (Å²) < 4.78 is 52.7. The third-order valence-corrected chi connectivity index (χ3v) is 5.67. The lowest BCUT2D eigenvalue weighted by atomic mass is 10.1. The number of benzene rings is 1. The second kappa shape index (κ2) is 9.29. The average Bonchev–Trinajstić information content (AvgIpc) is 2.77. The SMILES string of the molecule is Cc1nc2nc(C(F)(F)F)c([C@H](C)Oc3ccc(C(=O)N4C[C@@H](C)O[C@@H](C)C4)cc3)cc2c(=O)[nH]1. The Labute approximate surface area is 199 Å². The van der Waals surface area contributed by atoms with Crippen LogP contribution in [0.4, 0.5) is 13.2 Å². The highest BCUT2D eigenvalue weighted by molar-refractivity contribution is 5.94. The highest BCUT2D eigenvalue weighted by Gasteiger charge is 2.38. The number of rotatable bonds is 4. The minimum absolute atomic E-state index is 0.0658. The smallest absolute Gasteiger partial charge is 0.433 e. The molecular formula is C24H25F3N4O4. The number of pyridine rings is 1. The van der Waals surface area contributed by atoms with Gasteiger partial charge < -0.3 is 19.4 Å². The van der Waals surface area contributed by atoms with Gasteiger partial charge in [-0.2, -0.15) is 13.2 Å². The monoisotopic (exact) mass is 490 g/mol. The largest absolute Gasteiger partial charge is 0.486 e. The number of hydrogen-bond donors (Lipinski definition) is 1. The summed E-state index contributed by atoms with van der Waals surface area (Å²) in [5, 5.41) is -0.0658. The molecule has 2 aromatic heterocycles. The van der Waals surface area contributed by atoms with Gasteiger partial charge in [-0.15, -0.1) is 0 Å². The summed E-state index contributed by atoms with van der Waals surface area (Å²) in [5.41, 5.74) is -1.90. The first-order chi connectivity index (χ1) is 16.4. The van der Waals surface area contributed by atoms with Gasteiger partial charge in [0.25, 0.3) is 11.5 Å². The lowest BCUT2D eigenvalue weighted by Crippen LogP contribution is -2.48. The van der Waals surface area contributed by atoms with E-state index >= 15 is 0 Å². The maximum atomic E-state index is 13.8. The summed E-state index contributed by atoms with van der Waals surface area (Å²) in [4.78, 5) is 36.8. The summed E-state index contributed by atoms with van der Waals surface area (Å²) in [7, 11) is 0.